The Balaban J connectivity index is 2.31. The van der Waals surface area contributed by atoms with Gasteiger partial charge in [0, 0.05) is 18.5 Å². The fourth-order valence-corrected chi connectivity index (χ4v) is 4.58. The molecule has 1 aliphatic heterocycles. The van der Waals surface area contributed by atoms with Gasteiger partial charge in [-0.2, -0.15) is 0 Å². The Morgan fingerprint density at radius 2 is 2.04 bits per heavy atom. The quantitative estimate of drug-likeness (QED) is 0.781. The summed E-state index contributed by atoms with van der Waals surface area (Å²) in [5, 5.41) is 12.2. The largest absolute Gasteiger partial charge is 0.479 e. The molecule has 138 valence electrons. The van der Waals surface area contributed by atoms with E-state index >= 15 is 0 Å². The van der Waals surface area contributed by atoms with Crippen LogP contribution in [0.25, 0.3) is 0 Å². The first-order valence-corrected chi connectivity index (χ1v) is 9.13. The van der Waals surface area contributed by atoms with Gasteiger partial charge in [-0.1, -0.05) is 34.6 Å². The summed E-state index contributed by atoms with van der Waals surface area (Å²) in [5.41, 5.74) is -1.29. The topological polar surface area (TPSA) is 90.8 Å². The van der Waals surface area contributed by atoms with Crippen molar-refractivity contribution in [2.75, 3.05) is 13.1 Å². The number of amides is 2. The summed E-state index contributed by atoms with van der Waals surface area (Å²) >= 11 is 1.23. The lowest BCUT2D eigenvalue weighted by Crippen LogP contribution is -2.66. The second-order valence-corrected chi connectivity index (χ2v) is 8.52. The molecule has 2 heterocycles. The normalized spacial score (nSPS) is 17.9. The number of carbonyl (C=O) groups is 3. The highest BCUT2D eigenvalue weighted by Crippen LogP contribution is 2.43. The van der Waals surface area contributed by atoms with Gasteiger partial charge in [-0.3, -0.25) is 4.79 Å². The van der Waals surface area contributed by atoms with Crippen molar-refractivity contribution in [3.8, 4) is 0 Å². The highest BCUT2D eigenvalue weighted by molar-refractivity contribution is 7.11. The molecule has 0 radical (unpaired) electrons. The highest BCUT2D eigenvalue weighted by atomic mass is 32.1. The molecule has 1 aromatic heterocycles. The minimum absolute atomic E-state index is 0.255. The van der Waals surface area contributed by atoms with Crippen molar-refractivity contribution < 1.29 is 19.5 Å². The predicted molar refractivity (Wildman–Crippen MR) is 94.7 cm³/mol. The van der Waals surface area contributed by atoms with Crippen LogP contribution in [0, 0.1) is 11.3 Å². The Morgan fingerprint density at radius 3 is 2.48 bits per heavy atom. The summed E-state index contributed by atoms with van der Waals surface area (Å²) < 4.78 is 0. The van der Waals surface area contributed by atoms with Crippen molar-refractivity contribution >= 4 is 29.6 Å². The van der Waals surface area contributed by atoms with Crippen molar-refractivity contribution in [3.63, 3.8) is 0 Å². The van der Waals surface area contributed by atoms with Gasteiger partial charge < -0.3 is 14.9 Å². The Kier molecular flexibility index (Phi) is 5.22. The van der Waals surface area contributed by atoms with Gasteiger partial charge in [-0.25, -0.2) is 14.6 Å². The molecule has 0 aromatic carbocycles. The minimum atomic E-state index is -1.30. The summed E-state index contributed by atoms with van der Waals surface area (Å²) in [6, 6.07) is -0.299. The van der Waals surface area contributed by atoms with Crippen LogP contribution in [0.2, 0.25) is 0 Å². The number of hydrogen-bond donors (Lipinski definition) is 1. The van der Waals surface area contributed by atoms with Gasteiger partial charge >= 0.3 is 12.0 Å². The van der Waals surface area contributed by atoms with Crippen LogP contribution in [0.3, 0.4) is 0 Å². The van der Waals surface area contributed by atoms with Crippen LogP contribution in [0.1, 0.15) is 50.1 Å². The molecule has 1 atom stereocenters. The zero-order chi connectivity index (χ0) is 19.0. The van der Waals surface area contributed by atoms with Crippen LogP contribution in [0.15, 0.2) is 5.38 Å². The molecular weight excluding hydrogens is 342 g/mol. The summed E-state index contributed by atoms with van der Waals surface area (Å²) in [7, 11) is 0. The monoisotopic (exact) mass is 367 g/mol. The van der Waals surface area contributed by atoms with E-state index < -0.39 is 16.9 Å². The predicted octanol–water partition coefficient (Wildman–Crippen LogP) is 2.72. The first-order valence-electron chi connectivity index (χ1n) is 8.25. The van der Waals surface area contributed by atoms with Gasteiger partial charge in [0.2, 0.25) is 0 Å². The Hall–Kier alpha value is -1.96. The van der Waals surface area contributed by atoms with E-state index in [-0.39, 0.29) is 18.5 Å². The molecule has 25 heavy (non-hydrogen) atoms. The number of carbonyl (C=O) groups excluding carboxylic acids is 2. The fourth-order valence-electron chi connectivity index (χ4n) is 3.97. The number of aldehydes is 1. The second-order valence-electron chi connectivity index (χ2n) is 7.63. The molecule has 0 spiro atoms. The lowest BCUT2D eigenvalue weighted by atomic mass is 9.66. The number of nitrogens with zero attached hydrogens (tertiary/aromatic N) is 3. The number of thiazole rings is 1. The molecule has 1 N–H and O–H groups in total. The molecule has 0 aliphatic carbocycles. The average molecular weight is 367 g/mol. The van der Waals surface area contributed by atoms with E-state index in [0.29, 0.717) is 30.1 Å². The number of aliphatic carboxylic acids is 1. The first kappa shape index (κ1) is 19.4. The number of aromatic nitrogens is 1. The molecule has 0 saturated carbocycles. The minimum Gasteiger partial charge on any atom is -0.479 e. The maximum Gasteiger partial charge on any atom is 0.330 e. The maximum atomic E-state index is 13.0. The Bertz CT molecular complexity index is 680. The van der Waals surface area contributed by atoms with Gasteiger partial charge in [0.05, 0.1) is 12.2 Å². The van der Waals surface area contributed by atoms with Gasteiger partial charge in [-0.05, 0) is 11.3 Å². The summed E-state index contributed by atoms with van der Waals surface area (Å²) in [5.74, 6) is -1.24. The summed E-state index contributed by atoms with van der Waals surface area (Å²) in [6.07, 6.45) is 0.681. The van der Waals surface area contributed by atoms with E-state index in [0.717, 1.165) is 0 Å². The van der Waals surface area contributed by atoms with Crippen LogP contribution in [0.4, 0.5) is 4.79 Å². The molecule has 1 unspecified atom stereocenters. The summed E-state index contributed by atoms with van der Waals surface area (Å²) in [6.45, 7) is 10.3. The summed E-state index contributed by atoms with van der Waals surface area (Å²) in [4.78, 5) is 43.3. The molecule has 0 bridgehead atoms. The van der Waals surface area contributed by atoms with Crippen molar-refractivity contribution in [2.45, 2.75) is 46.7 Å². The van der Waals surface area contributed by atoms with E-state index in [1.165, 1.54) is 16.2 Å². The van der Waals surface area contributed by atoms with E-state index in [1.54, 1.807) is 10.3 Å². The van der Waals surface area contributed by atoms with Gasteiger partial charge in [0.1, 0.15) is 5.54 Å². The third-order valence-corrected chi connectivity index (χ3v) is 5.67. The molecule has 2 rings (SSSR count). The average Bonchev–Trinajstić information content (AvgIpc) is 3.07. The van der Waals surface area contributed by atoms with Crippen LogP contribution in [-0.4, -0.2) is 56.8 Å². The van der Waals surface area contributed by atoms with Crippen LogP contribution in [-0.2, 0) is 11.3 Å². The molecule has 1 fully saturated rings. The number of rotatable bonds is 6. The Labute approximate surface area is 151 Å². The first-order chi connectivity index (χ1) is 11.6. The van der Waals surface area contributed by atoms with Crippen LogP contribution < -0.4 is 0 Å². The fraction of sp³-hybridized carbons (Fsp3) is 0.647. The van der Waals surface area contributed by atoms with Crippen molar-refractivity contribution in [2.24, 2.45) is 11.3 Å². The van der Waals surface area contributed by atoms with E-state index in [9.17, 15) is 19.5 Å². The van der Waals surface area contributed by atoms with Crippen LogP contribution in [0.5, 0.6) is 0 Å². The molecule has 1 saturated heterocycles. The van der Waals surface area contributed by atoms with Crippen molar-refractivity contribution in [1.82, 2.24) is 14.8 Å². The molecule has 8 heteroatoms. The number of urea groups is 1. The molecule has 1 aromatic rings. The number of hydrogen-bond acceptors (Lipinski definition) is 5. The molecule has 1 aliphatic rings. The van der Waals surface area contributed by atoms with Gasteiger partial charge in [0.25, 0.3) is 0 Å². The van der Waals surface area contributed by atoms with Crippen LogP contribution >= 0.6 is 11.3 Å². The lowest BCUT2D eigenvalue weighted by Gasteiger charge is -2.49. The van der Waals surface area contributed by atoms with E-state index in [2.05, 4.69) is 4.98 Å². The van der Waals surface area contributed by atoms with Gasteiger partial charge in [0.15, 0.2) is 11.3 Å². The van der Waals surface area contributed by atoms with Crippen molar-refractivity contribution in [1.29, 1.82) is 0 Å². The smallest absolute Gasteiger partial charge is 0.330 e. The lowest BCUT2D eigenvalue weighted by molar-refractivity contribution is -0.161. The zero-order valence-corrected chi connectivity index (χ0v) is 16.1. The molecule has 2 amide bonds. The van der Waals surface area contributed by atoms with Gasteiger partial charge in [-0.15, -0.1) is 11.3 Å². The highest BCUT2D eigenvalue weighted by Gasteiger charge is 2.59. The molecular formula is C17H25N3O4S. The second kappa shape index (κ2) is 6.74. The zero-order valence-electron chi connectivity index (χ0n) is 15.3. The SMILES string of the molecule is CC(C)C(C(=O)O)(N1CCN(Cc2csc(C=O)n2)C1=O)C(C)(C)C. The third kappa shape index (κ3) is 3.15. The maximum absolute atomic E-state index is 13.0. The van der Waals surface area contributed by atoms with E-state index in [4.69, 9.17) is 0 Å². The number of carboxylic acid groups (broad SMARTS) is 1. The van der Waals surface area contributed by atoms with Crippen molar-refractivity contribution in [3.05, 3.63) is 16.1 Å². The van der Waals surface area contributed by atoms with E-state index in [1.807, 2.05) is 34.6 Å². The molecule has 7 nitrogen and oxygen atoms in total. The number of carboxylic acids is 1. The standard InChI is InChI=1S/C17H25N3O4S/c1-11(2)17(14(22)23,16(3,4)5)20-7-6-19(15(20)24)8-12-10-25-13(9-21)18-12/h9-11H,6-8H2,1-5H3,(H,22,23). The third-order valence-electron chi connectivity index (χ3n) is 4.85. The Morgan fingerprint density at radius 1 is 1.40 bits per heavy atom.